The first-order valence-corrected chi connectivity index (χ1v) is 11.8. The van der Waals surface area contributed by atoms with Gasteiger partial charge in [-0.25, -0.2) is 4.39 Å². The van der Waals surface area contributed by atoms with E-state index in [0.29, 0.717) is 13.0 Å². The molecule has 1 unspecified atom stereocenters. The molecular weight excluding hydrogens is 429 g/mol. The van der Waals surface area contributed by atoms with Crippen molar-refractivity contribution >= 4 is 16.0 Å². The Morgan fingerprint density at radius 3 is 2.16 bits per heavy atom. The predicted molar refractivity (Wildman–Crippen MR) is 121 cm³/mol. The van der Waals surface area contributed by atoms with E-state index in [1.54, 1.807) is 24.3 Å². The molecule has 1 atom stereocenters. The molecule has 0 N–H and O–H groups in total. The average molecular weight is 456 g/mol. The van der Waals surface area contributed by atoms with E-state index in [-0.39, 0.29) is 22.6 Å². The minimum Gasteiger partial charge on any atom is -0.379 e. The van der Waals surface area contributed by atoms with Gasteiger partial charge < -0.3 is 9.08 Å². The zero-order valence-corrected chi connectivity index (χ0v) is 18.9. The summed E-state index contributed by atoms with van der Waals surface area (Å²) in [5.41, 5.74) is 1.82. The van der Waals surface area contributed by atoms with Crippen LogP contribution < -0.4 is 4.18 Å². The molecule has 3 rings (SSSR count). The Balaban J connectivity index is 1.70. The summed E-state index contributed by atoms with van der Waals surface area (Å²) >= 11 is 0. The van der Waals surface area contributed by atoms with Gasteiger partial charge in [0.1, 0.15) is 16.5 Å². The van der Waals surface area contributed by atoms with Crippen LogP contribution in [0, 0.1) is 5.82 Å². The zero-order chi connectivity index (χ0) is 23.1. The number of hydrogen-bond donors (Lipinski definition) is 0. The Bertz CT molecular complexity index is 1130. The second-order valence-electron chi connectivity index (χ2n) is 7.58. The van der Waals surface area contributed by atoms with E-state index < -0.39 is 15.9 Å². The third-order valence-electron chi connectivity index (χ3n) is 5.23. The van der Waals surface area contributed by atoms with E-state index in [1.165, 1.54) is 0 Å². The molecule has 0 aliphatic rings. The Morgan fingerprint density at radius 2 is 1.56 bits per heavy atom. The summed E-state index contributed by atoms with van der Waals surface area (Å²) in [5, 5.41) is 0. The molecule has 3 aromatic carbocycles. The van der Waals surface area contributed by atoms with Crippen LogP contribution in [0.5, 0.6) is 5.75 Å². The first kappa shape index (κ1) is 23.5. The van der Waals surface area contributed by atoms with E-state index in [4.69, 9.17) is 4.18 Å². The maximum atomic E-state index is 13.0. The van der Waals surface area contributed by atoms with Gasteiger partial charge in [-0.05, 0) is 60.9 Å². The Labute approximate surface area is 188 Å². The fourth-order valence-corrected chi connectivity index (χ4v) is 4.14. The molecule has 0 aromatic heterocycles. The number of amides is 1. The SMILES string of the molecule is CCC(C)N(Cc1ccc(OS(=O)(=O)c2ccc(F)cc2)cc1)C(=O)Cc1ccccc1. The maximum absolute atomic E-state index is 13.0. The molecule has 0 fully saturated rings. The molecule has 3 aromatic rings. The molecule has 5 nitrogen and oxygen atoms in total. The van der Waals surface area contributed by atoms with Crippen LogP contribution >= 0.6 is 0 Å². The smallest absolute Gasteiger partial charge is 0.339 e. The minimum atomic E-state index is -4.06. The summed E-state index contributed by atoms with van der Waals surface area (Å²) < 4.78 is 42.9. The molecular formula is C25H26FNO4S. The molecule has 32 heavy (non-hydrogen) atoms. The summed E-state index contributed by atoms with van der Waals surface area (Å²) in [6.07, 6.45) is 1.14. The van der Waals surface area contributed by atoms with E-state index >= 15 is 0 Å². The van der Waals surface area contributed by atoms with Gasteiger partial charge in [-0.2, -0.15) is 8.42 Å². The fraction of sp³-hybridized carbons (Fsp3) is 0.240. The fourth-order valence-electron chi connectivity index (χ4n) is 3.21. The molecule has 0 saturated carbocycles. The molecule has 168 valence electrons. The summed E-state index contributed by atoms with van der Waals surface area (Å²) in [6.45, 7) is 4.45. The lowest BCUT2D eigenvalue weighted by atomic mass is 10.1. The largest absolute Gasteiger partial charge is 0.379 e. The molecule has 0 radical (unpaired) electrons. The van der Waals surface area contributed by atoms with Gasteiger partial charge >= 0.3 is 10.1 Å². The van der Waals surface area contributed by atoms with Crippen LogP contribution in [0.3, 0.4) is 0 Å². The van der Waals surface area contributed by atoms with Gasteiger partial charge in [-0.15, -0.1) is 0 Å². The van der Waals surface area contributed by atoms with Crippen molar-refractivity contribution < 1.29 is 21.8 Å². The summed E-state index contributed by atoms with van der Waals surface area (Å²) in [7, 11) is -4.06. The number of rotatable bonds is 9. The Hall–Kier alpha value is -3.19. The van der Waals surface area contributed by atoms with Crippen molar-refractivity contribution in [3.8, 4) is 5.75 Å². The highest BCUT2D eigenvalue weighted by Crippen LogP contribution is 2.21. The average Bonchev–Trinajstić information content (AvgIpc) is 2.78. The Kier molecular flexibility index (Phi) is 7.64. The highest BCUT2D eigenvalue weighted by Gasteiger charge is 2.20. The van der Waals surface area contributed by atoms with Crippen molar-refractivity contribution in [2.45, 2.75) is 44.2 Å². The summed E-state index contributed by atoms with van der Waals surface area (Å²) in [5.74, 6) is -0.352. The van der Waals surface area contributed by atoms with Crippen LogP contribution in [-0.2, 0) is 27.9 Å². The lowest BCUT2D eigenvalue weighted by Crippen LogP contribution is -2.38. The lowest BCUT2D eigenvalue weighted by molar-refractivity contribution is -0.133. The van der Waals surface area contributed by atoms with Crippen molar-refractivity contribution in [2.24, 2.45) is 0 Å². The monoisotopic (exact) mass is 455 g/mol. The number of benzene rings is 3. The Morgan fingerprint density at radius 1 is 0.938 bits per heavy atom. The number of nitrogens with zero attached hydrogens (tertiary/aromatic N) is 1. The molecule has 1 amide bonds. The van der Waals surface area contributed by atoms with Crippen LogP contribution in [0.2, 0.25) is 0 Å². The van der Waals surface area contributed by atoms with Gasteiger partial charge in [0.05, 0.1) is 6.42 Å². The molecule has 0 saturated heterocycles. The first-order valence-electron chi connectivity index (χ1n) is 10.4. The van der Waals surface area contributed by atoms with Gasteiger partial charge in [0, 0.05) is 12.6 Å². The van der Waals surface area contributed by atoms with E-state index in [1.807, 2.05) is 49.1 Å². The molecule has 0 bridgehead atoms. The second kappa shape index (κ2) is 10.4. The number of halogens is 1. The van der Waals surface area contributed by atoms with E-state index in [0.717, 1.165) is 41.8 Å². The van der Waals surface area contributed by atoms with Crippen LogP contribution in [0.4, 0.5) is 4.39 Å². The maximum Gasteiger partial charge on any atom is 0.339 e. The van der Waals surface area contributed by atoms with Crippen molar-refractivity contribution in [3.63, 3.8) is 0 Å². The second-order valence-corrected chi connectivity index (χ2v) is 9.12. The van der Waals surface area contributed by atoms with Gasteiger partial charge in [0.25, 0.3) is 0 Å². The van der Waals surface area contributed by atoms with Crippen LogP contribution in [0.1, 0.15) is 31.4 Å². The van der Waals surface area contributed by atoms with Crippen molar-refractivity contribution in [3.05, 3.63) is 95.8 Å². The van der Waals surface area contributed by atoms with Crippen molar-refractivity contribution in [2.75, 3.05) is 0 Å². The molecule has 0 aliphatic heterocycles. The molecule has 7 heteroatoms. The van der Waals surface area contributed by atoms with E-state index in [9.17, 15) is 17.6 Å². The van der Waals surface area contributed by atoms with Gasteiger partial charge in [-0.1, -0.05) is 49.4 Å². The standard InChI is InChI=1S/C25H26FNO4S/c1-3-19(2)27(25(28)17-20-7-5-4-6-8-20)18-21-9-13-23(14-10-21)31-32(29,30)24-15-11-22(26)12-16-24/h4-16,19H,3,17-18H2,1-2H3. The van der Waals surface area contributed by atoms with Crippen LogP contribution in [0.25, 0.3) is 0 Å². The van der Waals surface area contributed by atoms with Crippen LogP contribution in [0.15, 0.2) is 83.8 Å². The van der Waals surface area contributed by atoms with Gasteiger partial charge in [-0.3, -0.25) is 4.79 Å². The van der Waals surface area contributed by atoms with Gasteiger partial charge in [0.15, 0.2) is 0 Å². The number of hydrogen-bond acceptors (Lipinski definition) is 4. The highest BCUT2D eigenvalue weighted by atomic mass is 32.2. The lowest BCUT2D eigenvalue weighted by Gasteiger charge is -2.29. The highest BCUT2D eigenvalue weighted by molar-refractivity contribution is 7.87. The summed E-state index contributed by atoms with van der Waals surface area (Å²) in [6, 6.07) is 20.7. The topological polar surface area (TPSA) is 63.7 Å². The third-order valence-corrected chi connectivity index (χ3v) is 6.49. The normalized spacial score (nSPS) is 12.2. The number of carbonyl (C=O) groups is 1. The molecule has 0 aliphatic carbocycles. The third kappa shape index (κ3) is 6.17. The van der Waals surface area contributed by atoms with Gasteiger partial charge in [0.2, 0.25) is 5.91 Å². The predicted octanol–water partition coefficient (Wildman–Crippen LogP) is 4.96. The number of carbonyl (C=O) groups excluding carboxylic acids is 1. The van der Waals surface area contributed by atoms with E-state index in [2.05, 4.69) is 0 Å². The summed E-state index contributed by atoms with van der Waals surface area (Å²) in [4.78, 5) is 14.7. The van der Waals surface area contributed by atoms with Crippen molar-refractivity contribution in [1.29, 1.82) is 0 Å². The minimum absolute atomic E-state index is 0.0322. The quantitative estimate of drug-likeness (QED) is 0.428. The van der Waals surface area contributed by atoms with Crippen molar-refractivity contribution in [1.82, 2.24) is 4.90 Å². The molecule has 0 spiro atoms. The zero-order valence-electron chi connectivity index (χ0n) is 18.1. The molecule has 0 heterocycles. The van der Waals surface area contributed by atoms with Crippen LogP contribution in [-0.4, -0.2) is 25.3 Å². The first-order chi connectivity index (χ1) is 15.3.